The second-order valence-corrected chi connectivity index (χ2v) is 5.59. The number of nitro groups is 1. The number of nitrogens with one attached hydrogen (secondary N) is 1. The summed E-state index contributed by atoms with van der Waals surface area (Å²) in [5.41, 5.74) is 1.72. The molecule has 0 aromatic heterocycles. The topological polar surface area (TPSA) is 93.8 Å². The summed E-state index contributed by atoms with van der Waals surface area (Å²) < 4.78 is 13.3. The van der Waals surface area contributed by atoms with Gasteiger partial charge < -0.3 is 10.2 Å². The van der Waals surface area contributed by atoms with E-state index < -0.39 is 22.8 Å². The van der Waals surface area contributed by atoms with E-state index in [4.69, 9.17) is 4.84 Å². The van der Waals surface area contributed by atoms with Gasteiger partial charge in [0.2, 0.25) is 6.10 Å². The van der Waals surface area contributed by atoms with Crippen LogP contribution in [0.15, 0.2) is 47.6 Å². The minimum atomic E-state index is -0.876. The van der Waals surface area contributed by atoms with E-state index in [2.05, 4.69) is 10.5 Å². The van der Waals surface area contributed by atoms with Crippen molar-refractivity contribution in [2.24, 2.45) is 5.16 Å². The van der Waals surface area contributed by atoms with Gasteiger partial charge in [-0.15, -0.1) is 0 Å². The van der Waals surface area contributed by atoms with Crippen LogP contribution in [-0.2, 0) is 9.63 Å². The quantitative estimate of drug-likeness (QED) is 0.681. The van der Waals surface area contributed by atoms with E-state index in [-0.39, 0.29) is 12.1 Å². The number of hydrogen-bond acceptors (Lipinski definition) is 5. The maximum Gasteiger partial charge on any atom is 0.274 e. The molecule has 2 aromatic carbocycles. The molecule has 0 spiro atoms. The van der Waals surface area contributed by atoms with Crippen molar-refractivity contribution in [1.82, 2.24) is 0 Å². The minimum absolute atomic E-state index is 0.0816. The molecule has 0 fully saturated rings. The van der Waals surface area contributed by atoms with Crippen molar-refractivity contribution >= 4 is 23.0 Å². The number of halogens is 1. The zero-order valence-electron chi connectivity index (χ0n) is 13.2. The number of nitro benzene ring substituents is 1. The van der Waals surface area contributed by atoms with Crippen molar-refractivity contribution in [3.8, 4) is 0 Å². The Morgan fingerprint density at radius 3 is 2.88 bits per heavy atom. The average molecular weight is 343 g/mol. The fraction of sp³-hybridized carbons (Fsp3) is 0.176. The summed E-state index contributed by atoms with van der Waals surface area (Å²) in [6.45, 7) is 1.61. The molecule has 2 aromatic rings. The molecular formula is C17H14FN3O4. The highest BCUT2D eigenvalue weighted by atomic mass is 19.1. The Kier molecular flexibility index (Phi) is 4.42. The highest BCUT2D eigenvalue weighted by molar-refractivity contribution is 6.06. The van der Waals surface area contributed by atoms with Crippen LogP contribution in [0.25, 0.3) is 0 Å². The van der Waals surface area contributed by atoms with Crippen molar-refractivity contribution in [3.05, 3.63) is 69.5 Å². The molecule has 0 radical (unpaired) electrons. The predicted molar refractivity (Wildman–Crippen MR) is 88.9 cm³/mol. The largest absolute Gasteiger partial charge is 0.382 e. The summed E-state index contributed by atoms with van der Waals surface area (Å²) in [5.74, 6) is -0.881. The third-order valence-electron chi connectivity index (χ3n) is 3.79. The van der Waals surface area contributed by atoms with Crippen LogP contribution < -0.4 is 5.32 Å². The lowest BCUT2D eigenvalue weighted by molar-refractivity contribution is -0.385. The van der Waals surface area contributed by atoms with E-state index in [1.807, 2.05) is 0 Å². The van der Waals surface area contributed by atoms with Crippen molar-refractivity contribution in [1.29, 1.82) is 0 Å². The second kappa shape index (κ2) is 6.68. The van der Waals surface area contributed by atoms with Crippen molar-refractivity contribution < 1.29 is 18.9 Å². The molecule has 25 heavy (non-hydrogen) atoms. The molecular weight excluding hydrogens is 329 g/mol. The summed E-state index contributed by atoms with van der Waals surface area (Å²) in [4.78, 5) is 27.8. The molecule has 3 rings (SSSR count). The normalized spacial score (nSPS) is 16.1. The molecule has 8 heteroatoms. The summed E-state index contributed by atoms with van der Waals surface area (Å²) in [5, 5.41) is 17.4. The van der Waals surface area contributed by atoms with Crippen LogP contribution in [0, 0.1) is 22.9 Å². The Balaban J connectivity index is 1.68. The molecule has 1 N–H and O–H groups in total. The lowest BCUT2D eigenvalue weighted by Gasteiger charge is -2.10. The van der Waals surface area contributed by atoms with Gasteiger partial charge in [-0.25, -0.2) is 4.39 Å². The van der Waals surface area contributed by atoms with Gasteiger partial charge >= 0.3 is 0 Å². The monoisotopic (exact) mass is 343 g/mol. The van der Waals surface area contributed by atoms with Gasteiger partial charge in [-0.1, -0.05) is 23.4 Å². The second-order valence-electron chi connectivity index (χ2n) is 5.59. The molecule has 1 atom stereocenters. The third-order valence-corrected chi connectivity index (χ3v) is 3.79. The number of rotatable bonds is 4. The van der Waals surface area contributed by atoms with Gasteiger partial charge in [0.25, 0.3) is 11.6 Å². The summed E-state index contributed by atoms with van der Waals surface area (Å²) in [6.07, 6.45) is -0.693. The third kappa shape index (κ3) is 3.63. The molecule has 0 saturated carbocycles. The van der Waals surface area contributed by atoms with Gasteiger partial charge in [0, 0.05) is 29.3 Å². The Hall–Kier alpha value is -3.29. The first-order chi connectivity index (χ1) is 11.9. The van der Waals surface area contributed by atoms with Gasteiger partial charge in [0.05, 0.1) is 10.6 Å². The highest BCUT2D eigenvalue weighted by Crippen LogP contribution is 2.24. The number of carbonyl (C=O) groups excluding carboxylic acids is 1. The molecule has 0 saturated heterocycles. The summed E-state index contributed by atoms with van der Waals surface area (Å²) >= 11 is 0. The van der Waals surface area contributed by atoms with E-state index in [9.17, 15) is 19.3 Å². The first kappa shape index (κ1) is 16.6. The average Bonchev–Trinajstić information content (AvgIpc) is 3.06. The van der Waals surface area contributed by atoms with Crippen LogP contribution in [-0.4, -0.2) is 22.6 Å². The van der Waals surface area contributed by atoms with E-state index >= 15 is 0 Å². The SMILES string of the molecule is Cc1ccc(NC(=O)C2CC(c3cccc(F)c3)=NO2)cc1[N+](=O)[O-]. The Labute approximate surface area is 142 Å². The lowest BCUT2D eigenvalue weighted by Crippen LogP contribution is -2.28. The zero-order valence-corrected chi connectivity index (χ0v) is 13.2. The number of benzene rings is 2. The Bertz CT molecular complexity index is 882. The van der Waals surface area contributed by atoms with Gasteiger partial charge in [0.15, 0.2) is 0 Å². The molecule has 0 bridgehead atoms. The molecule has 128 valence electrons. The Morgan fingerprint density at radius 1 is 1.36 bits per heavy atom. The van der Waals surface area contributed by atoms with E-state index in [0.29, 0.717) is 22.5 Å². The number of oxime groups is 1. The van der Waals surface area contributed by atoms with Gasteiger partial charge in [0.1, 0.15) is 5.82 Å². The predicted octanol–water partition coefficient (Wildman–Crippen LogP) is 3.17. The number of nitrogens with zero attached hydrogens (tertiary/aromatic N) is 2. The van der Waals surface area contributed by atoms with Gasteiger partial charge in [-0.3, -0.25) is 14.9 Å². The van der Waals surface area contributed by atoms with E-state index in [1.165, 1.54) is 18.2 Å². The molecule has 1 amide bonds. The first-order valence-electron chi connectivity index (χ1n) is 7.48. The van der Waals surface area contributed by atoms with Gasteiger partial charge in [-0.05, 0) is 25.1 Å². The fourth-order valence-corrected chi connectivity index (χ4v) is 2.46. The van der Waals surface area contributed by atoms with Crippen molar-refractivity contribution in [2.45, 2.75) is 19.4 Å². The lowest BCUT2D eigenvalue weighted by atomic mass is 10.0. The number of aryl methyl sites for hydroxylation is 1. The smallest absolute Gasteiger partial charge is 0.274 e. The number of carbonyl (C=O) groups is 1. The minimum Gasteiger partial charge on any atom is -0.382 e. The van der Waals surface area contributed by atoms with Crippen LogP contribution in [0.1, 0.15) is 17.5 Å². The number of hydrogen-bond donors (Lipinski definition) is 1. The standard InChI is InChI=1S/C17H14FN3O4/c1-10-5-6-13(8-15(10)21(23)24)19-17(22)16-9-14(20-25-16)11-3-2-4-12(18)7-11/h2-8,16H,9H2,1H3,(H,19,22). The summed E-state index contributed by atoms with van der Waals surface area (Å²) in [6, 6.07) is 10.3. The van der Waals surface area contributed by atoms with Crippen LogP contribution in [0.3, 0.4) is 0 Å². The Morgan fingerprint density at radius 2 is 2.16 bits per heavy atom. The van der Waals surface area contributed by atoms with E-state index in [1.54, 1.807) is 31.2 Å². The van der Waals surface area contributed by atoms with Crippen LogP contribution in [0.2, 0.25) is 0 Å². The van der Waals surface area contributed by atoms with Gasteiger partial charge in [-0.2, -0.15) is 0 Å². The molecule has 7 nitrogen and oxygen atoms in total. The van der Waals surface area contributed by atoms with Crippen molar-refractivity contribution in [3.63, 3.8) is 0 Å². The maximum absolute atomic E-state index is 13.3. The molecule has 1 aliphatic heterocycles. The highest BCUT2D eigenvalue weighted by Gasteiger charge is 2.29. The zero-order chi connectivity index (χ0) is 18.0. The van der Waals surface area contributed by atoms with E-state index in [0.717, 1.165) is 0 Å². The molecule has 1 heterocycles. The van der Waals surface area contributed by atoms with Crippen LogP contribution in [0.5, 0.6) is 0 Å². The van der Waals surface area contributed by atoms with Crippen molar-refractivity contribution in [2.75, 3.05) is 5.32 Å². The molecule has 1 aliphatic rings. The maximum atomic E-state index is 13.3. The first-order valence-corrected chi connectivity index (χ1v) is 7.48. The number of anilines is 1. The molecule has 0 aliphatic carbocycles. The van der Waals surface area contributed by atoms with Crippen LogP contribution >= 0.6 is 0 Å². The summed E-state index contributed by atoms with van der Waals surface area (Å²) in [7, 11) is 0. The molecule has 1 unspecified atom stereocenters. The fourth-order valence-electron chi connectivity index (χ4n) is 2.46. The van der Waals surface area contributed by atoms with Crippen LogP contribution in [0.4, 0.5) is 15.8 Å². The number of amides is 1.